The van der Waals surface area contributed by atoms with E-state index in [4.69, 9.17) is 20.9 Å². The second kappa shape index (κ2) is 3.89. The van der Waals surface area contributed by atoms with Gasteiger partial charge in [0.15, 0.2) is 16.8 Å². The van der Waals surface area contributed by atoms with Gasteiger partial charge in [0.2, 0.25) is 0 Å². The second-order valence-electron chi connectivity index (χ2n) is 2.02. The van der Waals surface area contributed by atoms with Crippen LogP contribution in [0.3, 0.4) is 0 Å². The molecule has 0 aliphatic heterocycles. The molecule has 0 spiro atoms. The molecule has 12 heavy (non-hydrogen) atoms. The molecular weight excluding hydrogens is 200 g/mol. The number of halogens is 1. The summed E-state index contributed by atoms with van der Waals surface area (Å²) in [5.74, 6) is 0.250. The number of benzene rings is 1. The highest BCUT2D eigenvalue weighted by Crippen LogP contribution is 2.29. The van der Waals surface area contributed by atoms with Crippen molar-refractivity contribution >= 4 is 22.7 Å². The lowest BCUT2D eigenvalue weighted by atomic mass is 10.3. The monoisotopic (exact) mass is 206 g/mol. The summed E-state index contributed by atoms with van der Waals surface area (Å²) in [6, 6.07) is 4.67. The van der Waals surface area contributed by atoms with Crippen LogP contribution in [-0.2, 0) is 11.1 Å². The summed E-state index contributed by atoms with van der Waals surface area (Å²) in [5, 5.41) is 0.331. The van der Waals surface area contributed by atoms with Crippen LogP contribution in [0.1, 0.15) is 0 Å². The lowest BCUT2D eigenvalue weighted by Gasteiger charge is -2.05. The fourth-order valence-corrected chi connectivity index (χ4v) is 1.68. The minimum Gasteiger partial charge on any atom is -0.494 e. The molecule has 1 N–H and O–H groups in total. The van der Waals surface area contributed by atoms with Gasteiger partial charge in [0, 0.05) is 0 Å². The fraction of sp³-hybridized carbons (Fsp3) is 0.143. The molecular formula is C7H7ClO3S. The summed E-state index contributed by atoms with van der Waals surface area (Å²) in [5.41, 5.74) is 0. The second-order valence-corrected chi connectivity index (χ2v) is 3.37. The quantitative estimate of drug-likeness (QED) is 0.753. The predicted molar refractivity (Wildman–Crippen MR) is 47.0 cm³/mol. The highest BCUT2D eigenvalue weighted by atomic mass is 35.5. The number of ether oxygens (including phenoxy) is 1. The number of hydrogen-bond donors (Lipinski definition) is 1. The van der Waals surface area contributed by atoms with Gasteiger partial charge in [-0.15, -0.1) is 0 Å². The number of hydrogen-bond acceptors (Lipinski definition) is 2. The number of methoxy groups -OCH3 is 1. The van der Waals surface area contributed by atoms with E-state index in [-0.39, 0.29) is 10.6 Å². The van der Waals surface area contributed by atoms with Crippen LogP contribution in [0.25, 0.3) is 0 Å². The van der Waals surface area contributed by atoms with Gasteiger partial charge in [-0.25, -0.2) is 4.21 Å². The van der Waals surface area contributed by atoms with Crippen molar-refractivity contribution in [3.05, 3.63) is 23.2 Å². The first kappa shape index (κ1) is 9.51. The first-order valence-corrected chi connectivity index (χ1v) is 4.58. The Morgan fingerprint density at radius 1 is 1.58 bits per heavy atom. The summed E-state index contributed by atoms with van der Waals surface area (Å²) in [4.78, 5) is 0.185. The van der Waals surface area contributed by atoms with Crippen molar-refractivity contribution in [3.63, 3.8) is 0 Å². The molecule has 0 saturated carbocycles. The minimum atomic E-state index is -2.06. The molecule has 0 fully saturated rings. The van der Waals surface area contributed by atoms with E-state index in [2.05, 4.69) is 0 Å². The Labute approximate surface area is 77.6 Å². The van der Waals surface area contributed by atoms with Gasteiger partial charge >= 0.3 is 0 Å². The maximum absolute atomic E-state index is 10.7. The Kier molecular flexibility index (Phi) is 3.08. The molecule has 0 heterocycles. The third-order valence-electron chi connectivity index (χ3n) is 1.32. The SMILES string of the molecule is COc1c(Cl)cccc1S(=O)O. The summed E-state index contributed by atoms with van der Waals surface area (Å²) in [6.45, 7) is 0. The lowest BCUT2D eigenvalue weighted by Crippen LogP contribution is -1.94. The molecule has 66 valence electrons. The first-order chi connectivity index (χ1) is 5.66. The van der Waals surface area contributed by atoms with Crippen LogP contribution in [0.2, 0.25) is 5.02 Å². The largest absolute Gasteiger partial charge is 0.494 e. The summed E-state index contributed by atoms with van der Waals surface area (Å²) in [7, 11) is 1.40. The van der Waals surface area contributed by atoms with E-state index in [1.54, 1.807) is 12.1 Å². The van der Waals surface area contributed by atoms with Crippen LogP contribution in [0.15, 0.2) is 23.1 Å². The van der Waals surface area contributed by atoms with Crippen molar-refractivity contribution < 1.29 is 13.5 Å². The van der Waals surface area contributed by atoms with E-state index in [1.165, 1.54) is 13.2 Å². The summed E-state index contributed by atoms with van der Waals surface area (Å²) >= 11 is 3.64. The van der Waals surface area contributed by atoms with Crippen molar-refractivity contribution in [2.24, 2.45) is 0 Å². The van der Waals surface area contributed by atoms with Crippen LogP contribution in [0, 0.1) is 0 Å². The summed E-state index contributed by atoms with van der Waals surface area (Å²) < 4.78 is 24.4. The average molecular weight is 207 g/mol. The topological polar surface area (TPSA) is 46.5 Å². The molecule has 0 radical (unpaired) electrons. The van der Waals surface area contributed by atoms with Crippen molar-refractivity contribution in [2.45, 2.75) is 4.90 Å². The van der Waals surface area contributed by atoms with E-state index >= 15 is 0 Å². The maximum Gasteiger partial charge on any atom is 0.190 e. The standard InChI is InChI=1S/C7H7ClO3S/c1-11-7-5(8)3-2-4-6(7)12(9)10/h2-4H,1H3,(H,9,10). The average Bonchev–Trinajstić information content (AvgIpc) is 2.03. The molecule has 1 aromatic rings. The van der Waals surface area contributed by atoms with Crippen molar-refractivity contribution in [1.29, 1.82) is 0 Å². The first-order valence-electron chi connectivity index (χ1n) is 3.10. The molecule has 0 aromatic heterocycles. The van der Waals surface area contributed by atoms with Crippen LogP contribution in [0.5, 0.6) is 5.75 Å². The zero-order valence-electron chi connectivity index (χ0n) is 6.28. The molecule has 1 unspecified atom stereocenters. The van der Waals surface area contributed by atoms with Gasteiger partial charge in [0.25, 0.3) is 0 Å². The number of para-hydroxylation sites is 1. The van der Waals surface area contributed by atoms with Crippen molar-refractivity contribution in [3.8, 4) is 5.75 Å². The van der Waals surface area contributed by atoms with Gasteiger partial charge in [0.05, 0.1) is 12.1 Å². The lowest BCUT2D eigenvalue weighted by molar-refractivity contribution is 0.402. The van der Waals surface area contributed by atoms with Gasteiger partial charge in [-0.05, 0) is 12.1 Å². The molecule has 1 rings (SSSR count). The molecule has 1 atom stereocenters. The smallest absolute Gasteiger partial charge is 0.190 e. The Balaban J connectivity index is 3.27. The van der Waals surface area contributed by atoms with Gasteiger partial charge in [-0.2, -0.15) is 0 Å². The molecule has 0 aliphatic carbocycles. The Morgan fingerprint density at radius 2 is 2.25 bits per heavy atom. The van der Waals surface area contributed by atoms with Crippen LogP contribution >= 0.6 is 11.6 Å². The van der Waals surface area contributed by atoms with E-state index in [0.717, 1.165) is 0 Å². The van der Waals surface area contributed by atoms with Crippen LogP contribution < -0.4 is 4.74 Å². The molecule has 1 aromatic carbocycles. The van der Waals surface area contributed by atoms with E-state index in [0.29, 0.717) is 5.02 Å². The Morgan fingerprint density at radius 3 is 2.67 bits per heavy atom. The maximum atomic E-state index is 10.7. The third-order valence-corrected chi connectivity index (χ3v) is 2.32. The molecule has 5 heteroatoms. The van der Waals surface area contributed by atoms with Gasteiger partial charge < -0.3 is 9.29 Å². The molecule has 3 nitrogen and oxygen atoms in total. The highest BCUT2D eigenvalue weighted by molar-refractivity contribution is 7.79. The minimum absolute atomic E-state index is 0.185. The molecule has 0 bridgehead atoms. The highest BCUT2D eigenvalue weighted by Gasteiger charge is 2.10. The van der Waals surface area contributed by atoms with Gasteiger partial charge in [0.1, 0.15) is 4.90 Å². The Hall–Kier alpha value is -0.580. The normalized spacial score (nSPS) is 12.6. The van der Waals surface area contributed by atoms with Gasteiger partial charge in [-0.3, -0.25) is 0 Å². The van der Waals surface area contributed by atoms with Crippen LogP contribution in [0.4, 0.5) is 0 Å². The van der Waals surface area contributed by atoms with Crippen molar-refractivity contribution in [2.75, 3.05) is 7.11 Å². The Bertz CT molecular complexity index is 314. The zero-order valence-corrected chi connectivity index (χ0v) is 7.85. The van der Waals surface area contributed by atoms with Crippen LogP contribution in [-0.4, -0.2) is 15.9 Å². The fourth-order valence-electron chi connectivity index (χ4n) is 0.825. The number of rotatable bonds is 2. The van der Waals surface area contributed by atoms with Gasteiger partial charge in [-0.1, -0.05) is 17.7 Å². The zero-order chi connectivity index (χ0) is 9.14. The molecule has 0 aliphatic rings. The third kappa shape index (κ3) is 1.77. The molecule has 0 saturated heterocycles. The van der Waals surface area contributed by atoms with Crippen molar-refractivity contribution in [1.82, 2.24) is 0 Å². The van der Waals surface area contributed by atoms with E-state index < -0.39 is 11.1 Å². The van der Waals surface area contributed by atoms with E-state index in [9.17, 15) is 4.21 Å². The summed E-state index contributed by atoms with van der Waals surface area (Å²) in [6.07, 6.45) is 0. The van der Waals surface area contributed by atoms with E-state index in [1.807, 2.05) is 0 Å². The predicted octanol–water partition coefficient (Wildman–Crippen LogP) is 1.93. The molecule has 0 amide bonds.